The summed E-state index contributed by atoms with van der Waals surface area (Å²) < 4.78 is 0. The van der Waals surface area contributed by atoms with Crippen LogP contribution < -0.4 is 10.2 Å². The van der Waals surface area contributed by atoms with Crippen molar-refractivity contribution in [1.29, 1.82) is 0 Å². The fourth-order valence-electron chi connectivity index (χ4n) is 5.59. The van der Waals surface area contributed by atoms with E-state index in [4.69, 9.17) is 0 Å². The van der Waals surface area contributed by atoms with E-state index in [-0.39, 0.29) is 23.6 Å². The Bertz CT molecular complexity index is 922. The van der Waals surface area contributed by atoms with Crippen molar-refractivity contribution < 1.29 is 14.4 Å². The van der Waals surface area contributed by atoms with Gasteiger partial charge in [0.1, 0.15) is 18.2 Å². The molecule has 3 aliphatic heterocycles. The van der Waals surface area contributed by atoms with E-state index in [1.807, 2.05) is 44.2 Å². The van der Waals surface area contributed by atoms with Crippen molar-refractivity contribution in [2.75, 3.05) is 4.90 Å². The van der Waals surface area contributed by atoms with Gasteiger partial charge in [0.2, 0.25) is 17.7 Å². The van der Waals surface area contributed by atoms with Gasteiger partial charge in [0.25, 0.3) is 0 Å². The molecule has 4 atom stereocenters. The first-order valence-corrected chi connectivity index (χ1v) is 10.2. The predicted octanol–water partition coefficient (Wildman–Crippen LogP) is 2.58. The van der Waals surface area contributed by atoms with Crippen molar-refractivity contribution in [1.82, 2.24) is 10.2 Å². The number of anilines is 1. The number of piperazine rings is 1. The van der Waals surface area contributed by atoms with Gasteiger partial charge < -0.3 is 10.2 Å². The fraction of sp³-hybridized carbons (Fsp3) is 0.522. The molecule has 1 aromatic carbocycles. The Hall–Kier alpha value is -2.63. The first kappa shape index (κ1) is 19.7. The summed E-state index contributed by atoms with van der Waals surface area (Å²) in [5.41, 5.74) is 0.753. The molecule has 0 spiro atoms. The lowest BCUT2D eigenvalue weighted by atomic mass is 9.60. The number of nitrogens with zero attached hydrogens (tertiary/aromatic N) is 2. The van der Waals surface area contributed by atoms with E-state index in [9.17, 15) is 14.4 Å². The Kier molecular flexibility index (Phi) is 4.19. The summed E-state index contributed by atoms with van der Waals surface area (Å²) >= 11 is 0. The number of rotatable bonds is 3. The molecule has 2 saturated heterocycles. The van der Waals surface area contributed by atoms with Gasteiger partial charge in [0, 0.05) is 18.0 Å². The highest BCUT2D eigenvalue weighted by atomic mass is 16.2. The van der Waals surface area contributed by atoms with Crippen molar-refractivity contribution in [3.8, 4) is 0 Å². The van der Waals surface area contributed by atoms with Crippen LogP contribution in [0.5, 0.6) is 0 Å². The number of hydrogen-bond donors (Lipinski definition) is 1. The highest BCUT2D eigenvalue weighted by molar-refractivity contribution is 6.02. The summed E-state index contributed by atoms with van der Waals surface area (Å²) in [4.78, 5) is 42.9. The first-order chi connectivity index (χ1) is 13.6. The number of allylic oxidation sites excluding steroid dienone is 1. The molecular weight excluding hydrogens is 366 g/mol. The average Bonchev–Trinajstić information content (AvgIpc) is 3.16. The van der Waals surface area contributed by atoms with Gasteiger partial charge in [-0.3, -0.25) is 19.3 Å². The topological polar surface area (TPSA) is 69.7 Å². The number of fused-ring (bicyclic) bond motifs is 5. The molecule has 0 aromatic heterocycles. The molecule has 4 rings (SSSR count). The Morgan fingerprint density at radius 3 is 2.55 bits per heavy atom. The Morgan fingerprint density at radius 2 is 1.97 bits per heavy atom. The maximum absolute atomic E-state index is 13.6. The van der Waals surface area contributed by atoms with E-state index < -0.39 is 29.1 Å². The van der Waals surface area contributed by atoms with Crippen LogP contribution in [0.15, 0.2) is 36.9 Å². The zero-order valence-corrected chi connectivity index (χ0v) is 17.7. The van der Waals surface area contributed by atoms with E-state index in [1.165, 1.54) is 6.92 Å². The first-order valence-electron chi connectivity index (χ1n) is 10.2. The van der Waals surface area contributed by atoms with Gasteiger partial charge in [-0.1, -0.05) is 52.0 Å². The van der Waals surface area contributed by atoms with Crippen LogP contribution in [0.4, 0.5) is 5.69 Å². The second-order valence-electron chi connectivity index (χ2n) is 9.37. The zero-order chi connectivity index (χ0) is 21.3. The number of benzene rings is 1. The van der Waals surface area contributed by atoms with Crippen LogP contribution in [-0.2, 0) is 19.8 Å². The minimum absolute atomic E-state index is 0.0376. The molecule has 2 fully saturated rings. The quantitative estimate of drug-likeness (QED) is 0.800. The number of amides is 3. The Morgan fingerprint density at radius 1 is 1.31 bits per heavy atom. The van der Waals surface area contributed by atoms with Gasteiger partial charge in [0.05, 0.1) is 0 Å². The number of carbonyl (C=O) groups is 3. The predicted molar refractivity (Wildman–Crippen MR) is 111 cm³/mol. The number of nitrogens with one attached hydrogen (secondary N) is 1. The molecule has 1 N–H and O–H groups in total. The molecule has 154 valence electrons. The van der Waals surface area contributed by atoms with Gasteiger partial charge in [-0.05, 0) is 29.4 Å². The van der Waals surface area contributed by atoms with Crippen LogP contribution >= 0.6 is 0 Å². The standard InChI is InChI=1S/C23H29N3O3/c1-7-22(5,6)23-12-17-19(28)24-18(13(2)3)20(29)26(17)21(23)25(14(4)27)16-11-9-8-10-15(16)23/h7-11,13,17-18,21H,1,12H2,2-6H3,(H,24,28). The van der Waals surface area contributed by atoms with Crippen LogP contribution in [0, 0.1) is 11.3 Å². The third-order valence-electron chi connectivity index (χ3n) is 7.23. The highest BCUT2D eigenvalue weighted by Gasteiger charge is 2.69. The molecular formula is C23H29N3O3. The number of hydrogen-bond acceptors (Lipinski definition) is 3. The fourth-order valence-corrected chi connectivity index (χ4v) is 5.59. The molecule has 0 bridgehead atoms. The third kappa shape index (κ3) is 2.31. The Labute approximate surface area is 171 Å². The van der Waals surface area contributed by atoms with Crippen LogP contribution in [0.2, 0.25) is 0 Å². The second-order valence-corrected chi connectivity index (χ2v) is 9.37. The molecule has 4 unspecified atom stereocenters. The van der Waals surface area contributed by atoms with E-state index in [2.05, 4.69) is 25.7 Å². The van der Waals surface area contributed by atoms with Crippen molar-refractivity contribution in [3.63, 3.8) is 0 Å². The molecule has 6 heteroatoms. The molecule has 1 aromatic rings. The van der Waals surface area contributed by atoms with Gasteiger partial charge in [-0.25, -0.2) is 0 Å². The highest BCUT2D eigenvalue weighted by Crippen LogP contribution is 2.62. The monoisotopic (exact) mass is 395 g/mol. The molecule has 0 radical (unpaired) electrons. The summed E-state index contributed by atoms with van der Waals surface area (Å²) in [5.74, 6) is -0.428. The Balaban J connectivity index is 2.00. The van der Waals surface area contributed by atoms with Gasteiger partial charge in [-0.15, -0.1) is 6.58 Å². The van der Waals surface area contributed by atoms with Crippen LogP contribution in [0.25, 0.3) is 0 Å². The summed E-state index contributed by atoms with van der Waals surface area (Å²) in [5, 5.41) is 2.92. The molecule has 3 amide bonds. The van der Waals surface area contributed by atoms with Crippen molar-refractivity contribution >= 4 is 23.4 Å². The molecule has 3 heterocycles. The van der Waals surface area contributed by atoms with Gasteiger partial charge >= 0.3 is 0 Å². The number of para-hydroxylation sites is 1. The van der Waals surface area contributed by atoms with E-state index in [1.54, 1.807) is 9.80 Å². The molecule has 0 aliphatic carbocycles. The van der Waals surface area contributed by atoms with Crippen molar-refractivity contribution in [2.24, 2.45) is 11.3 Å². The normalized spacial score (nSPS) is 30.8. The average molecular weight is 396 g/mol. The summed E-state index contributed by atoms with van der Waals surface area (Å²) in [6.45, 7) is 13.6. The van der Waals surface area contributed by atoms with Crippen LogP contribution in [0.3, 0.4) is 0 Å². The van der Waals surface area contributed by atoms with Crippen LogP contribution in [0.1, 0.15) is 46.6 Å². The molecule has 6 nitrogen and oxygen atoms in total. The lowest BCUT2D eigenvalue weighted by Gasteiger charge is -2.46. The zero-order valence-electron chi connectivity index (χ0n) is 17.7. The lowest BCUT2D eigenvalue weighted by molar-refractivity contribution is -0.151. The lowest BCUT2D eigenvalue weighted by Crippen LogP contribution is -2.67. The summed E-state index contributed by atoms with van der Waals surface area (Å²) in [6.07, 6.45) is 1.80. The van der Waals surface area contributed by atoms with Crippen molar-refractivity contribution in [3.05, 3.63) is 42.5 Å². The number of carbonyl (C=O) groups excluding carboxylic acids is 3. The van der Waals surface area contributed by atoms with Crippen LogP contribution in [-0.4, -0.2) is 40.9 Å². The SMILES string of the molecule is C=CC(C)(C)C12CC3C(=O)NC(C(C)C)C(=O)N3C1N(C(C)=O)c1ccccc12. The second kappa shape index (κ2) is 6.18. The minimum atomic E-state index is -0.611. The van der Waals surface area contributed by atoms with E-state index >= 15 is 0 Å². The smallest absolute Gasteiger partial charge is 0.247 e. The third-order valence-corrected chi connectivity index (χ3v) is 7.23. The van der Waals surface area contributed by atoms with Crippen molar-refractivity contribution in [2.45, 2.75) is 64.7 Å². The van der Waals surface area contributed by atoms with E-state index in [0.29, 0.717) is 6.42 Å². The van der Waals surface area contributed by atoms with Gasteiger partial charge in [-0.2, -0.15) is 0 Å². The molecule has 0 saturated carbocycles. The summed E-state index contributed by atoms with van der Waals surface area (Å²) in [7, 11) is 0. The molecule has 29 heavy (non-hydrogen) atoms. The minimum Gasteiger partial charge on any atom is -0.342 e. The van der Waals surface area contributed by atoms with E-state index in [0.717, 1.165) is 11.3 Å². The maximum atomic E-state index is 13.6. The summed E-state index contributed by atoms with van der Waals surface area (Å²) in [6, 6.07) is 6.63. The largest absolute Gasteiger partial charge is 0.342 e. The maximum Gasteiger partial charge on any atom is 0.247 e. The molecule has 3 aliphatic rings. The van der Waals surface area contributed by atoms with Gasteiger partial charge in [0.15, 0.2) is 0 Å².